The van der Waals surface area contributed by atoms with Crippen LogP contribution in [0.4, 0.5) is 11.4 Å². The molecule has 0 saturated heterocycles. The van der Waals surface area contributed by atoms with Crippen LogP contribution in [0.1, 0.15) is 42.0 Å². The molecule has 0 atom stereocenters. The third-order valence-corrected chi connectivity index (χ3v) is 6.83. The Hall–Kier alpha value is -3.31. The van der Waals surface area contributed by atoms with Gasteiger partial charge in [0.05, 0.1) is 5.69 Å². The molecule has 0 unspecified atom stereocenters. The lowest BCUT2D eigenvalue weighted by molar-refractivity contribution is -0.120. The highest BCUT2D eigenvalue weighted by molar-refractivity contribution is 8.04. The molecule has 0 bridgehead atoms. The van der Waals surface area contributed by atoms with Crippen molar-refractivity contribution in [3.63, 3.8) is 0 Å². The summed E-state index contributed by atoms with van der Waals surface area (Å²) in [5.74, 6) is -0.279. The zero-order chi connectivity index (χ0) is 23.7. The second-order valence-corrected chi connectivity index (χ2v) is 9.84. The average Bonchev–Trinajstić information content (AvgIpc) is 3.01. The topological polar surface area (TPSA) is 49.4 Å². The van der Waals surface area contributed by atoms with E-state index in [0.29, 0.717) is 22.2 Å². The van der Waals surface area contributed by atoms with Crippen LogP contribution < -0.4 is 10.2 Å². The maximum Gasteiger partial charge on any atom is 0.283 e. The van der Waals surface area contributed by atoms with Crippen LogP contribution in [0, 0.1) is 20.8 Å². The Morgan fingerprint density at radius 1 is 0.788 bits per heavy atom. The van der Waals surface area contributed by atoms with E-state index in [4.69, 9.17) is 0 Å². The average molecular weight is 457 g/mol. The minimum atomic E-state index is -0.341. The van der Waals surface area contributed by atoms with Crippen molar-refractivity contribution in [2.24, 2.45) is 0 Å². The van der Waals surface area contributed by atoms with Gasteiger partial charge in [0.15, 0.2) is 0 Å². The van der Waals surface area contributed by atoms with E-state index < -0.39 is 0 Å². The number of aryl methyl sites for hydroxylation is 3. The molecule has 1 aliphatic heterocycles. The highest BCUT2D eigenvalue weighted by Gasteiger charge is 2.40. The first-order chi connectivity index (χ1) is 15.7. The number of thioether (sulfide) groups is 1. The van der Waals surface area contributed by atoms with Crippen molar-refractivity contribution in [3.8, 4) is 0 Å². The van der Waals surface area contributed by atoms with Gasteiger partial charge in [0, 0.05) is 10.6 Å². The molecule has 3 aromatic carbocycles. The van der Waals surface area contributed by atoms with Crippen LogP contribution in [-0.4, -0.2) is 11.8 Å². The van der Waals surface area contributed by atoms with Crippen LogP contribution in [0.3, 0.4) is 0 Å². The number of carbonyl (C=O) groups excluding carboxylic acids is 2. The van der Waals surface area contributed by atoms with Crippen molar-refractivity contribution in [2.75, 3.05) is 10.2 Å². The smallest absolute Gasteiger partial charge is 0.283 e. The minimum absolute atomic E-state index is 0.310. The highest BCUT2D eigenvalue weighted by Crippen LogP contribution is 2.38. The Bertz CT molecular complexity index is 1240. The fourth-order valence-electron chi connectivity index (χ4n) is 3.77. The summed E-state index contributed by atoms with van der Waals surface area (Å²) in [4.78, 5) is 29.7. The number of nitrogens with zero attached hydrogens (tertiary/aromatic N) is 1. The van der Waals surface area contributed by atoms with Crippen molar-refractivity contribution in [1.82, 2.24) is 0 Å². The van der Waals surface area contributed by atoms with Crippen LogP contribution >= 0.6 is 11.8 Å². The SMILES string of the molecule is Cc1ccc(SC2=C(Nc3ccc(C)cc3C)C(=O)N(c3ccc(C(C)C)cc3)C2=O)cc1. The van der Waals surface area contributed by atoms with E-state index in [-0.39, 0.29) is 11.8 Å². The number of hydrogen-bond acceptors (Lipinski definition) is 4. The molecular weight excluding hydrogens is 428 g/mol. The molecule has 4 rings (SSSR count). The summed E-state index contributed by atoms with van der Waals surface area (Å²) in [6.45, 7) is 10.3. The zero-order valence-corrected chi connectivity index (χ0v) is 20.4. The molecule has 5 heteroatoms. The van der Waals surface area contributed by atoms with Gasteiger partial charge in [-0.25, -0.2) is 4.90 Å². The normalized spacial score (nSPS) is 13.9. The van der Waals surface area contributed by atoms with E-state index in [1.807, 2.05) is 81.4 Å². The first-order valence-corrected chi connectivity index (χ1v) is 11.9. The third kappa shape index (κ3) is 4.74. The fourth-order valence-corrected chi connectivity index (χ4v) is 4.70. The third-order valence-electron chi connectivity index (χ3n) is 5.74. The van der Waals surface area contributed by atoms with Gasteiger partial charge < -0.3 is 5.32 Å². The molecule has 2 amide bonds. The van der Waals surface area contributed by atoms with Gasteiger partial charge in [0.2, 0.25) is 0 Å². The molecule has 1 aliphatic rings. The predicted molar refractivity (Wildman–Crippen MR) is 137 cm³/mol. The maximum atomic E-state index is 13.5. The molecule has 4 nitrogen and oxygen atoms in total. The number of benzene rings is 3. The predicted octanol–water partition coefficient (Wildman–Crippen LogP) is 6.72. The van der Waals surface area contributed by atoms with Gasteiger partial charge in [-0.1, -0.05) is 73.1 Å². The summed E-state index contributed by atoms with van der Waals surface area (Å²) < 4.78 is 0. The molecule has 0 aliphatic carbocycles. The molecule has 0 spiro atoms. The Morgan fingerprint density at radius 3 is 2.03 bits per heavy atom. The van der Waals surface area contributed by atoms with Crippen molar-refractivity contribution in [1.29, 1.82) is 0 Å². The van der Waals surface area contributed by atoms with Gasteiger partial charge in [-0.15, -0.1) is 0 Å². The van der Waals surface area contributed by atoms with Crippen molar-refractivity contribution in [3.05, 3.63) is 99.6 Å². The van der Waals surface area contributed by atoms with E-state index in [9.17, 15) is 9.59 Å². The molecular formula is C28H28N2O2S. The first kappa shape index (κ1) is 22.9. The molecule has 33 heavy (non-hydrogen) atoms. The molecule has 0 radical (unpaired) electrons. The summed E-state index contributed by atoms with van der Waals surface area (Å²) in [5, 5.41) is 3.27. The van der Waals surface area contributed by atoms with Gasteiger partial charge in [-0.2, -0.15) is 0 Å². The van der Waals surface area contributed by atoms with Crippen LogP contribution in [0.5, 0.6) is 0 Å². The zero-order valence-electron chi connectivity index (χ0n) is 19.6. The summed E-state index contributed by atoms with van der Waals surface area (Å²) in [6.07, 6.45) is 0. The summed E-state index contributed by atoms with van der Waals surface area (Å²) in [5.41, 5.74) is 6.16. The van der Waals surface area contributed by atoms with Gasteiger partial charge in [-0.05, 0) is 68.1 Å². The van der Waals surface area contributed by atoms with Crippen molar-refractivity contribution in [2.45, 2.75) is 45.4 Å². The lowest BCUT2D eigenvalue weighted by Gasteiger charge is -2.17. The molecule has 3 aromatic rings. The molecule has 168 valence electrons. The molecule has 0 aromatic heterocycles. The summed E-state index contributed by atoms with van der Waals surface area (Å²) in [6, 6.07) is 21.6. The second-order valence-electron chi connectivity index (χ2n) is 8.75. The van der Waals surface area contributed by atoms with Crippen molar-refractivity contribution >= 4 is 35.0 Å². The van der Waals surface area contributed by atoms with E-state index >= 15 is 0 Å². The summed E-state index contributed by atoms with van der Waals surface area (Å²) >= 11 is 1.32. The Kier molecular flexibility index (Phi) is 6.43. The fraction of sp³-hybridized carbons (Fsp3) is 0.214. The molecule has 0 fully saturated rings. The number of rotatable bonds is 6. The first-order valence-electron chi connectivity index (χ1n) is 11.1. The number of imide groups is 1. The van der Waals surface area contributed by atoms with E-state index in [1.165, 1.54) is 16.7 Å². The highest BCUT2D eigenvalue weighted by atomic mass is 32.2. The van der Waals surface area contributed by atoms with Crippen LogP contribution in [-0.2, 0) is 9.59 Å². The number of anilines is 2. The van der Waals surface area contributed by atoms with Gasteiger partial charge in [0.25, 0.3) is 11.8 Å². The second kappa shape index (κ2) is 9.28. The lowest BCUT2D eigenvalue weighted by atomic mass is 10.0. The van der Waals surface area contributed by atoms with Gasteiger partial charge in [0.1, 0.15) is 10.6 Å². The maximum absolute atomic E-state index is 13.5. The standard InChI is InChI=1S/C28H28N2O2S/c1-17(2)21-9-11-22(12-10-21)30-27(31)25(29-24-15-8-19(4)16-20(24)5)26(28(30)32)33-23-13-6-18(3)7-14-23/h6-17,29H,1-5H3. The largest absolute Gasteiger partial charge is 0.350 e. The van der Waals surface area contributed by atoms with Crippen LogP contribution in [0.25, 0.3) is 0 Å². The minimum Gasteiger partial charge on any atom is -0.350 e. The Labute approximate surface area is 199 Å². The van der Waals surface area contributed by atoms with Crippen LogP contribution in [0.15, 0.2) is 82.2 Å². The van der Waals surface area contributed by atoms with E-state index in [1.54, 1.807) is 0 Å². The van der Waals surface area contributed by atoms with E-state index in [0.717, 1.165) is 32.8 Å². The Balaban J connectivity index is 1.73. The number of hydrogen-bond donors (Lipinski definition) is 1. The molecule has 0 saturated carbocycles. The monoisotopic (exact) mass is 456 g/mol. The molecule has 1 N–H and O–H groups in total. The quantitative estimate of drug-likeness (QED) is 0.418. The Morgan fingerprint density at radius 2 is 1.42 bits per heavy atom. The molecule has 1 heterocycles. The number of nitrogens with one attached hydrogen (secondary N) is 1. The van der Waals surface area contributed by atoms with E-state index in [2.05, 4.69) is 25.2 Å². The van der Waals surface area contributed by atoms with Gasteiger partial charge >= 0.3 is 0 Å². The van der Waals surface area contributed by atoms with Gasteiger partial charge in [-0.3, -0.25) is 9.59 Å². The van der Waals surface area contributed by atoms with Crippen LogP contribution in [0.2, 0.25) is 0 Å². The number of carbonyl (C=O) groups is 2. The number of amides is 2. The van der Waals surface area contributed by atoms with Crippen molar-refractivity contribution < 1.29 is 9.59 Å². The summed E-state index contributed by atoms with van der Waals surface area (Å²) in [7, 11) is 0. The lowest BCUT2D eigenvalue weighted by Crippen LogP contribution is -2.32.